The molecule has 0 N–H and O–H groups in total. The zero-order valence-electron chi connectivity index (χ0n) is 68.4. The third kappa shape index (κ3) is 13.1. The predicted molar refractivity (Wildman–Crippen MR) is 457 cm³/mol. The summed E-state index contributed by atoms with van der Waals surface area (Å²) in [4.78, 5) is 63.3. The molecule has 6 aromatic carbocycles. The summed E-state index contributed by atoms with van der Waals surface area (Å²) in [6.07, 6.45) is 2.97. The molecule has 0 bridgehead atoms. The van der Waals surface area contributed by atoms with Crippen molar-refractivity contribution in [2.24, 2.45) is 0 Å². The molecule has 116 heavy (non-hydrogen) atoms. The van der Waals surface area contributed by atoms with E-state index in [9.17, 15) is 0 Å². The quantitative estimate of drug-likeness (QED) is 0.151. The molecule has 0 spiro atoms. The molecule has 5 aliphatic heterocycles. The number of anilines is 5. The van der Waals surface area contributed by atoms with Crippen LogP contribution in [0.15, 0.2) is 187 Å². The van der Waals surface area contributed by atoms with Crippen molar-refractivity contribution in [3.8, 4) is 0 Å². The SMILES string of the molecule is [C-]#[N+]C1=C([N+]#[C-])N(c2c(C)cc(C)c(C)c2C)[C@@H](C)N1C.[C-]#[N+]C1=C([N+]#[C-])N(c2c(C)ccc(C)c2C)[C@@H](C)N1C.[C-]#[N+]C1=C([N+]#[C-])N(c2c(C)ccc3c2oc2ncccc23)[C@@H](C)N1C.[C-]#[N+]C1=C([N+]#[C-])N(c2cc3oc4ccccc4c3cc2C)[C@@H](C)N1C.[C-]#[N+]C1=C([N+]#[C-])N(c2cc3oc4ncccc4c3cc2C)[C@@H](C)N1C. The monoisotopic (exact) mass is 1530 g/mol. The number of furan rings is 3. The standard InChI is InChI=1S/C20H16N4O.2C19H15N5O.C17H20N4.C16H18N4/c1-12-10-15-14-8-6-7-9-17(14)25-18(15)11-16(12)24-13(2)23(5)19(21-3)20(24)22-4;1-11-8-9-13-14-7-6-10-22-19(14)25-16(13)15(11)24-12(2)23(5)17(20-3)18(24)21-4;1-11-9-14-13-7-6-8-22-19(13)25-16(14)10-15(11)24-12(2)23(5)17(20-3)18(24)21-4;1-10-9-11(2)15(13(4)12(10)3)21-14(5)20(8)16(18-6)17(21)19-7;1-10-8-9-11(2)14(12(10)3)20-13(4)19(7)15(17-5)16(20)18-6/h6-11,13H,1-2,5H3;2*6-10,12H,1-2,5H3;9,14H,1-5,8H3;8-9,13H,1-4,7H3/t13-;2*12-;14-;13-/m00000/s1. The molecule has 0 saturated heterocycles. The number of fused-ring (bicyclic) bond motifs is 9. The second-order valence-corrected chi connectivity index (χ2v) is 29.1. The lowest BCUT2D eigenvalue weighted by Crippen LogP contribution is -2.36. The van der Waals surface area contributed by atoms with Gasteiger partial charge in [-0.1, -0.05) is 108 Å². The van der Waals surface area contributed by atoms with Gasteiger partial charge in [-0.15, -0.1) is 0 Å². The number of para-hydroxylation sites is 1. The topological polar surface area (TPSA) is 141 Å². The van der Waals surface area contributed by atoms with E-state index < -0.39 is 0 Å². The van der Waals surface area contributed by atoms with Gasteiger partial charge >= 0.3 is 0 Å². The lowest BCUT2D eigenvalue weighted by atomic mass is 9.97. The van der Waals surface area contributed by atoms with E-state index in [-0.39, 0.29) is 30.8 Å². The molecule has 11 aromatic rings. The van der Waals surface area contributed by atoms with Crippen LogP contribution < -0.4 is 24.5 Å². The second kappa shape index (κ2) is 31.8. The predicted octanol–water partition coefficient (Wildman–Crippen LogP) is 21.3. The van der Waals surface area contributed by atoms with Crippen molar-refractivity contribution in [3.63, 3.8) is 0 Å². The molecule has 0 unspecified atom stereocenters. The van der Waals surface area contributed by atoms with Crippen LogP contribution in [0.25, 0.3) is 115 Å². The van der Waals surface area contributed by atoms with Crippen molar-refractivity contribution in [2.75, 3.05) is 59.7 Å². The third-order valence-electron chi connectivity index (χ3n) is 22.9. The molecule has 5 atom stereocenters. The molecule has 576 valence electrons. The Kier molecular flexibility index (Phi) is 22.0. The Hall–Kier alpha value is -15.4. The van der Waals surface area contributed by atoms with Gasteiger partial charge in [0.1, 0.15) is 39.5 Å². The molecule has 16 rings (SSSR count). The molecule has 25 nitrogen and oxygen atoms in total. The maximum absolute atomic E-state index is 7.59. The van der Waals surface area contributed by atoms with Gasteiger partial charge in [0.05, 0.1) is 35.2 Å². The van der Waals surface area contributed by atoms with Crippen molar-refractivity contribution in [1.29, 1.82) is 0 Å². The van der Waals surface area contributed by atoms with Gasteiger partial charge in [0.15, 0.2) is 11.3 Å². The van der Waals surface area contributed by atoms with Crippen molar-refractivity contribution < 1.29 is 13.3 Å². The summed E-state index contributed by atoms with van der Waals surface area (Å²) in [6, 6.07) is 34.1. The highest BCUT2D eigenvalue weighted by atomic mass is 16.3. The first-order valence-corrected chi connectivity index (χ1v) is 37.2. The normalized spacial score (nSPS) is 17.7. The highest BCUT2D eigenvalue weighted by molar-refractivity contribution is 6.10. The number of rotatable bonds is 5. The third-order valence-corrected chi connectivity index (χ3v) is 22.9. The van der Waals surface area contributed by atoms with Gasteiger partial charge in [0, 0.05) is 91.5 Å². The average molecular weight is 1530 g/mol. The Bertz CT molecular complexity index is 6410. The van der Waals surface area contributed by atoms with Crippen LogP contribution in [-0.4, -0.2) is 101 Å². The Balaban J connectivity index is 0.000000134. The van der Waals surface area contributed by atoms with Gasteiger partial charge in [-0.2, -0.15) is 0 Å². The summed E-state index contributed by atoms with van der Waals surface area (Å²) in [5, 5.41) is 6.03. The molecule has 5 aliphatic rings. The molecule has 25 heteroatoms. The Morgan fingerprint density at radius 2 is 0.621 bits per heavy atom. The minimum Gasteiger partial charge on any atom is -0.456 e. The fourth-order valence-electron chi connectivity index (χ4n) is 15.8. The second-order valence-electron chi connectivity index (χ2n) is 29.1. The summed E-state index contributed by atoms with van der Waals surface area (Å²) in [6.45, 7) is 105. The van der Waals surface area contributed by atoms with Crippen LogP contribution in [0.1, 0.15) is 90.3 Å². The molecule has 0 radical (unpaired) electrons. The van der Waals surface area contributed by atoms with E-state index in [1.54, 1.807) is 12.4 Å². The van der Waals surface area contributed by atoms with Crippen molar-refractivity contribution in [2.45, 2.75) is 135 Å². The van der Waals surface area contributed by atoms with Gasteiger partial charge in [-0.05, 0) is 173 Å². The largest absolute Gasteiger partial charge is 0.456 e. The Labute approximate surface area is 676 Å². The molecule has 10 heterocycles. The number of pyridine rings is 2. The minimum atomic E-state index is -0.154. The van der Waals surface area contributed by atoms with Crippen LogP contribution in [0.2, 0.25) is 0 Å². The van der Waals surface area contributed by atoms with E-state index in [4.69, 9.17) is 79.0 Å². The van der Waals surface area contributed by atoms with E-state index >= 15 is 0 Å². The highest BCUT2D eigenvalue weighted by Gasteiger charge is 2.46. The zero-order valence-corrected chi connectivity index (χ0v) is 68.4. The Morgan fingerprint density at radius 1 is 0.276 bits per heavy atom. The van der Waals surface area contributed by atoms with Gasteiger partial charge in [0.2, 0.25) is 71.4 Å². The molecule has 0 aliphatic carbocycles. The lowest BCUT2D eigenvalue weighted by molar-refractivity contribution is 0.364. The van der Waals surface area contributed by atoms with Gasteiger partial charge in [0.25, 0.3) is 29.1 Å². The number of aryl methyl sites for hydroxylation is 7. The summed E-state index contributed by atoms with van der Waals surface area (Å²) < 4.78 is 17.9. The molecule has 0 amide bonds. The van der Waals surface area contributed by atoms with Crippen LogP contribution in [0.4, 0.5) is 28.4 Å². The smallest absolute Gasteiger partial charge is 0.253 e. The first-order valence-electron chi connectivity index (χ1n) is 37.2. The lowest BCUT2D eigenvalue weighted by Gasteiger charge is -2.27. The number of hydrogen-bond donors (Lipinski definition) is 0. The summed E-state index contributed by atoms with van der Waals surface area (Å²) in [7, 11) is 9.25. The number of aromatic nitrogens is 2. The van der Waals surface area contributed by atoms with Gasteiger partial charge < -0.3 is 86.2 Å². The van der Waals surface area contributed by atoms with Crippen LogP contribution in [0.5, 0.6) is 0 Å². The summed E-state index contributed by atoms with van der Waals surface area (Å²) >= 11 is 0. The fraction of sp³-hybridized carbons (Fsp3) is 0.275. The first-order chi connectivity index (χ1) is 55.5. The molecular formula is C91H84N22O3. The van der Waals surface area contributed by atoms with E-state index in [0.717, 1.165) is 111 Å². The van der Waals surface area contributed by atoms with Crippen LogP contribution in [0.3, 0.4) is 0 Å². The van der Waals surface area contributed by atoms with Crippen molar-refractivity contribution in [1.82, 2.24) is 34.5 Å². The number of nitrogens with zero attached hydrogens (tertiary/aromatic N) is 22. The maximum Gasteiger partial charge on any atom is 0.253 e. The Morgan fingerprint density at radius 3 is 1.07 bits per heavy atom. The average Bonchev–Trinajstić information content (AvgIpc) is 1.72. The molecule has 0 fully saturated rings. The van der Waals surface area contributed by atoms with Crippen LogP contribution in [-0.2, 0) is 0 Å². The van der Waals surface area contributed by atoms with E-state index in [1.807, 2.05) is 219 Å². The zero-order chi connectivity index (χ0) is 84.1. The number of benzene rings is 6. The number of hydrogen-bond acceptors (Lipinski definition) is 15. The fourth-order valence-corrected chi connectivity index (χ4v) is 15.8. The minimum absolute atomic E-state index is 0.0256. The van der Waals surface area contributed by atoms with E-state index in [0.29, 0.717) is 75.2 Å². The highest BCUT2D eigenvalue weighted by Crippen LogP contribution is 2.47. The van der Waals surface area contributed by atoms with Crippen molar-refractivity contribution in [3.05, 3.63) is 344 Å². The first kappa shape index (κ1) is 80.1. The van der Waals surface area contributed by atoms with E-state index in [2.05, 4.69) is 130 Å². The van der Waals surface area contributed by atoms with Crippen LogP contribution >= 0.6 is 0 Å². The van der Waals surface area contributed by atoms with E-state index in [1.165, 1.54) is 22.3 Å². The molecule has 0 saturated carbocycles. The van der Waals surface area contributed by atoms with Gasteiger partial charge in [-0.3, -0.25) is 24.5 Å². The van der Waals surface area contributed by atoms with Gasteiger partial charge in [-0.25, -0.2) is 9.97 Å². The molecular weight excluding hydrogens is 1450 g/mol. The molecule has 5 aromatic heterocycles. The van der Waals surface area contributed by atoms with Crippen LogP contribution in [0, 0.1) is 135 Å². The summed E-state index contributed by atoms with van der Waals surface area (Å²) in [5.74, 6) is 3.84. The van der Waals surface area contributed by atoms with Crippen molar-refractivity contribution >= 4 is 94.5 Å². The summed E-state index contributed by atoms with van der Waals surface area (Å²) in [5.41, 5.74) is 20.3. The maximum atomic E-state index is 7.59.